The van der Waals surface area contributed by atoms with Gasteiger partial charge in [-0.3, -0.25) is 4.79 Å². The van der Waals surface area contributed by atoms with E-state index in [0.29, 0.717) is 6.54 Å². The Morgan fingerprint density at radius 2 is 2.22 bits per heavy atom. The fraction of sp³-hybridized carbons (Fsp3) is 0.636. The van der Waals surface area contributed by atoms with E-state index < -0.39 is 12.0 Å². The molecule has 0 bridgehead atoms. The van der Waals surface area contributed by atoms with Crippen LogP contribution in [-0.2, 0) is 11.8 Å². The van der Waals surface area contributed by atoms with Crippen molar-refractivity contribution in [2.24, 2.45) is 13.0 Å². The number of likely N-dealkylation sites (tertiary alicyclic amines) is 1. The van der Waals surface area contributed by atoms with Gasteiger partial charge in [-0.1, -0.05) is 6.92 Å². The molecule has 2 rings (SSSR count). The highest BCUT2D eigenvalue weighted by molar-refractivity contribution is 5.94. The Hall–Kier alpha value is -1.92. The molecule has 1 aromatic rings. The monoisotopic (exact) mass is 252 g/mol. The van der Waals surface area contributed by atoms with Crippen LogP contribution >= 0.6 is 0 Å². The molecule has 0 aliphatic carbocycles. The van der Waals surface area contributed by atoms with Crippen LogP contribution in [0.15, 0.2) is 6.20 Å². The normalized spacial score (nSPS) is 24.0. The number of piperidine rings is 1. The average Bonchev–Trinajstić information content (AvgIpc) is 2.74. The zero-order valence-electron chi connectivity index (χ0n) is 10.4. The van der Waals surface area contributed by atoms with Crippen molar-refractivity contribution in [3.05, 3.63) is 11.9 Å². The predicted octanol–water partition coefficient (Wildman–Crippen LogP) is 0.140. The summed E-state index contributed by atoms with van der Waals surface area (Å²) in [4.78, 5) is 26.2. The smallest absolute Gasteiger partial charge is 0.326 e. The highest BCUT2D eigenvalue weighted by atomic mass is 16.4. The summed E-state index contributed by atoms with van der Waals surface area (Å²) in [6.45, 7) is 2.31. The van der Waals surface area contributed by atoms with Gasteiger partial charge in [-0.15, -0.1) is 5.10 Å². The first-order valence-electron chi connectivity index (χ1n) is 5.91. The lowest BCUT2D eigenvalue weighted by Gasteiger charge is -2.36. The van der Waals surface area contributed by atoms with Crippen LogP contribution in [0.1, 0.15) is 30.3 Å². The Morgan fingerprint density at radius 3 is 2.78 bits per heavy atom. The van der Waals surface area contributed by atoms with E-state index in [9.17, 15) is 14.7 Å². The van der Waals surface area contributed by atoms with E-state index in [1.165, 1.54) is 15.9 Å². The van der Waals surface area contributed by atoms with Crippen molar-refractivity contribution in [2.45, 2.75) is 25.8 Å². The van der Waals surface area contributed by atoms with Crippen molar-refractivity contribution >= 4 is 11.9 Å². The van der Waals surface area contributed by atoms with Crippen molar-refractivity contribution in [3.8, 4) is 0 Å². The first-order chi connectivity index (χ1) is 8.50. The Balaban J connectivity index is 2.24. The molecule has 0 saturated carbocycles. The maximum absolute atomic E-state index is 12.2. The fourth-order valence-corrected chi connectivity index (χ4v) is 2.38. The predicted molar refractivity (Wildman–Crippen MR) is 61.9 cm³/mol. The van der Waals surface area contributed by atoms with E-state index in [-0.39, 0.29) is 17.5 Å². The molecule has 1 aliphatic heterocycles. The zero-order chi connectivity index (χ0) is 13.3. The Morgan fingerprint density at radius 1 is 1.50 bits per heavy atom. The standard InChI is InChI=1S/C11H16N4O3/c1-7-4-3-5-15(9(7)11(17)18)10(16)8-6-12-14(2)13-8/h6-7,9H,3-5H2,1-2H3,(H,17,18). The van der Waals surface area contributed by atoms with Crippen molar-refractivity contribution < 1.29 is 14.7 Å². The van der Waals surface area contributed by atoms with E-state index >= 15 is 0 Å². The van der Waals surface area contributed by atoms with Crippen LogP contribution in [0.25, 0.3) is 0 Å². The topological polar surface area (TPSA) is 88.3 Å². The lowest BCUT2D eigenvalue weighted by molar-refractivity contribution is -0.145. The molecule has 2 atom stereocenters. The summed E-state index contributed by atoms with van der Waals surface area (Å²) >= 11 is 0. The van der Waals surface area contributed by atoms with Crippen LogP contribution in [0.4, 0.5) is 0 Å². The molecule has 18 heavy (non-hydrogen) atoms. The minimum Gasteiger partial charge on any atom is -0.480 e. The summed E-state index contributed by atoms with van der Waals surface area (Å²) in [6.07, 6.45) is 3.00. The number of hydrogen-bond acceptors (Lipinski definition) is 4. The van der Waals surface area contributed by atoms with Crippen LogP contribution in [0.5, 0.6) is 0 Å². The third-order valence-corrected chi connectivity index (χ3v) is 3.27. The van der Waals surface area contributed by atoms with E-state index in [0.717, 1.165) is 12.8 Å². The number of carboxylic acid groups (broad SMARTS) is 1. The summed E-state index contributed by atoms with van der Waals surface area (Å²) < 4.78 is 0. The van der Waals surface area contributed by atoms with E-state index in [1.807, 2.05) is 6.92 Å². The maximum atomic E-state index is 12.2. The molecular weight excluding hydrogens is 236 g/mol. The minimum absolute atomic E-state index is 0.0446. The summed E-state index contributed by atoms with van der Waals surface area (Å²) in [6, 6.07) is -0.770. The van der Waals surface area contributed by atoms with Crippen LogP contribution in [0.3, 0.4) is 0 Å². The number of aliphatic carboxylic acids is 1. The summed E-state index contributed by atoms with van der Waals surface area (Å²) in [7, 11) is 1.62. The lowest BCUT2D eigenvalue weighted by atomic mass is 9.90. The van der Waals surface area contributed by atoms with Gasteiger partial charge in [0.25, 0.3) is 5.91 Å². The van der Waals surface area contributed by atoms with Crippen LogP contribution < -0.4 is 0 Å². The van der Waals surface area contributed by atoms with E-state index in [1.54, 1.807) is 7.05 Å². The third kappa shape index (κ3) is 2.20. The van der Waals surface area contributed by atoms with Gasteiger partial charge in [0.2, 0.25) is 0 Å². The highest BCUT2D eigenvalue weighted by Gasteiger charge is 2.38. The molecular formula is C11H16N4O3. The average molecular weight is 252 g/mol. The Bertz CT molecular complexity index is 471. The van der Waals surface area contributed by atoms with Gasteiger partial charge in [0.1, 0.15) is 6.04 Å². The number of aromatic nitrogens is 3. The first-order valence-corrected chi connectivity index (χ1v) is 5.91. The van der Waals surface area contributed by atoms with Gasteiger partial charge in [0, 0.05) is 13.6 Å². The number of nitrogens with zero attached hydrogens (tertiary/aromatic N) is 4. The quantitative estimate of drug-likeness (QED) is 0.808. The van der Waals surface area contributed by atoms with Gasteiger partial charge < -0.3 is 10.0 Å². The van der Waals surface area contributed by atoms with E-state index in [2.05, 4.69) is 10.2 Å². The number of aryl methyl sites for hydroxylation is 1. The van der Waals surface area contributed by atoms with Crippen molar-refractivity contribution in [1.29, 1.82) is 0 Å². The number of carboxylic acids is 1. The van der Waals surface area contributed by atoms with Crippen LogP contribution in [0, 0.1) is 5.92 Å². The van der Waals surface area contributed by atoms with Crippen molar-refractivity contribution in [3.63, 3.8) is 0 Å². The molecule has 2 unspecified atom stereocenters. The zero-order valence-corrected chi connectivity index (χ0v) is 10.4. The summed E-state index contributed by atoms with van der Waals surface area (Å²) in [5.74, 6) is -1.36. The molecule has 7 nitrogen and oxygen atoms in total. The van der Waals surface area contributed by atoms with E-state index in [4.69, 9.17) is 0 Å². The molecule has 0 radical (unpaired) electrons. The van der Waals surface area contributed by atoms with Gasteiger partial charge in [0.05, 0.1) is 6.20 Å². The Labute approximate surface area is 104 Å². The van der Waals surface area contributed by atoms with Crippen LogP contribution in [-0.4, -0.2) is 49.5 Å². The molecule has 98 valence electrons. The van der Waals surface area contributed by atoms with Crippen molar-refractivity contribution in [2.75, 3.05) is 6.54 Å². The minimum atomic E-state index is -0.959. The number of hydrogen-bond donors (Lipinski definition) is 1. The molecule has 1 saturated heterocycles. The lowest BCUT2D eigenvalue weighted by Crippen LogP contribution is -2.52. The second-order valence-corrected chi connectivity index (χ2v) is 4.62. The summed E-state index contributed by atoms with van der Waals surface area (Å²) in [5, 5.41) is 17.0. The molecule has 1 aromatic heterocycles. The molecule has 7 heteroatoms. The molecule has 1 amide bonds. The molecule has 1 fully saturated rings. The largest absolute Gasteiger partial charge is 0.480 e. The van der Waals surface area contributed by atoms with Gasteiger partial charge in [-0.25, -0.2) is 4.79 Å². The number of amides is 1. The second kappa shape index (κ2) is 4.75. The third-order valence-electron chi connectivity index (χ3n) is 3.27. The number of carbonyl (C=O) groups excluding carboxylic acids is 1. The van der Waals surface area contributed by atoms with Gasteiger partial charge in [0.15, 0.2) is 5.69 Å². The fourth-order valence-electron chi connectivity index (χ4n) is 2.38. The molecule has 2 heterocycles. The molecule has 1 aliphatic rings. The van der Waals surface area contributed by atoms with Gasteiger partial charge in [-0.05, 0) is 18.8 Å². The second-order valence-electron chi connectivity index (χ2n) is 4.62. The molecule has 0 aromatic carbocycles. The number of carbonyl (C=O) groups is 2. The molecule has 1 N–H and O–H groups in total. The number of rotatable bonds is 2. The SMILES string of the molecule is CC1CCCN(C(=O)c2cnn(C)n2)C1C(=O)O. The maximum Gasteiger partial charge on any atom is 0.326 e. The molecule has 0 spiro atoms. The van der Waals surface area contributed by atoms with Crippen molar-refractivity contribution in [1.82, 2.24) is 19.9 Å². The van der Waals surface area contributed by atoms with Gasteiger partial charge >= 0.3 is 5.97 Å². The first kappa shape index (κ1) is 12.5. The van der Waals surface area contributed by atoms with Gasteiger partial charge in [-0.2, -0.15) is 9.90 Å². The Kier molecular flexibility index (Phi) is 3.31. The summed E-state index contributed by atoms with van der Waals surface area (Å²) in [5.41, 5.74) is 0.192. The van der Waals surface area contributed by atoms with Crippen LogP contribution in [0.2, 0.25) is 0 Å². The highest BCUT2D eigenvalue weighted by Crippen LogP contribution is 2.24.